The largest absolute Gasteiger partial charge is 0.372 e. The van der Waals surface area contributed by atoms with E-state index in [9.17, 15) is 4.79 Å². The number of aromatic nitrogens is 1. The zero-order valence-electron chi connectivity index (χ0n) is 14.7. The van der Waals surface area contributed by atoms with Crippen LogP contribution in [0.4, 0.5) is 11.5 Å². The van der Waals surface area contributed by atoms with Crippen molar-refractivity contribution < 1.29 is 9.53 Å². The van der Waals surface area contributed by atoms with Gasteiger partial charge in [0.25, 0.3) is 5.91 Å². The molecule has 2 aliphatic rings. The summed E-state index contributed by atoms with van der Waals surface area (Å²) in [6.45, 7) is 6.53. The highest BCUT2D eigenvalue weighted by Gasteiger charge is 2.26. The average Bonchev–Trinajstić information content (AvgIpc) is 3.04. The SMILES string of the molecule is CC1CN(c2ccc(C(=O)N3CCc4ccccc43)cn2)CC(C)O1. The van der Waals surface area contributed by atoms with Gasteiger partial charge in [0.05, 0.1) is 17.8 Å². The number of ether oxygens (including phenoxy) is 1. The molecule has 1 saturated heterocycles. The summed E-state index contributed by atoms with van der Waals surface area (Å²) >= 11 is 0. The fraction of sp³-hybridized carbons (Fsp3) is 0.400. The van der Waals surface area contributed by atoms with Crippen LogP contribution < -0.4 is 9.80 Å². The summed E-state index contributed by atoms with van der Waals surface area (Å²) < 4.78 is 5.77. The summed E-state index contributed by atoms with van der Waals surface area (Å²) in [6, 6.07) is 11.9. The third kappa shape index (κ3) is 3.12. The Kier molecular flexibility index (Phi) is 4.17. The third-order valence-corrected chi connectivity index (χ3v) is 4.87. The lowest BCUT2D eigenvalue weighted by molar-refractivity contribution is -0.00546. The Bertz CT molecular complexity index is 765. The minimum atomic E-state index is 0.0210. The molecule has 5 heteroatoms. The van der Waals surface area contributed by atoms with E-state index < -0.39 is 0 Å². The van der Waals surface area contributed by atoms with Crippen LogP contribution in [0.25, 0.3) is 0 Å². The molecule has 2 atom stereocenters. The van der Waals surface area contributed by atoms with Crippen molar-refractivity contribution in [2.75, 3.05) is 29.4 Å². The highest BCUT2D eigenvalue weighted by atomic mass is 16.5. The van der Waals surface area contributed by atoms with Crippen molar-refractivity contribution in [1.82, 2.24) is 4.98 Å². The Hall–Kier alpha value is -2.40. The van der Waals surface area contributed by atoms with Crippen molar-refractivity contribution in [3.05, 3.63) is 53.7 Å². The lowest BCUT2D eigenvalue weighted by atomic mass is 10.2. The molecule has 130 valence electrons. The molecule has 0 saturated carbocycles. The molecule has 0 spiro atoms. The molecule has 2 aromatic rings. The lowest BCUT2D eigenvalue weighted by Crippen LogP contribution is -2.45. The lowest BCUT2D eigenvalue weighted by Gasteiger charge is -2.36. The molecule has 1 aromatic heterocycles. The van der Waals surface area contributed by atoms with Crippen LogP contribution in [0.5, 0.6) is 0 Å². The van der Waals surface area contributed by atoms with Crippen LogP contribution in [-0.2, 0) is 11.2 Å². The van der Waals surface area contributed by atoms with Gasteiger partial charge in [-0.3, -0.25) is 4.79 Å². The second-order valence-corrected chi connectivity index (χ2v) is 6.90. The quantitative estimate of drug-likeness (QED) is 0.845. The number of hydrogen-bond donors (Lipinski definition) is 0. The van der Waals surface area contributed by atoms with E-state index in [1.54, 1.807) is 6.20 Å². The third-order valence-electron chi connectivity index (χ3n) is 4.87. The van der Waals surface area contributed by atoms with E-state index >= 15 is 0 Å². The van der Waals surface area contributed by atoms with E-state index in [1.807, 2.05) is 35.2 Å². The van der Waals surface area contributed by atoms with E-state index in [4.69, 9.17) is 4.74 Å². The zero-order valence-corrected chi connectivity index (χ0v) is 14.7. The highest BCUT2D eigenvalue weighted by molar-refractivity contribution is 6.07. The maximum absolute atomic E-state index is 12.9. The number of amides is 1. The first-order valence-electron chi connectivity index (χ1n) is 8.88. The first-order valence-corrected chi connectivity index (χ1v) is 8.88. The van der Waals surface area contributed by atoms with Gasteiger partial charge in [-0.15, -0.1) is 0 Å². The summed E-state index contributed by atoms with van der Waals surface area (Å²) in [5.74, 6) is 0.924. The fourth-order valence-electron chi connectivity index (χ4n) is 3.77. The van der Waals surface area contributed by atoms with E-state index in [2.05, 4.69) is 29.8 Å². The highest BCUT2D eigenvalue weighted by Crippen LogP contribution is 2.29. The second kappa shape index (κ2) is 6.48. The number of fused-ring (bicyclic) bond motifs is 1. The first-order chi connectivity index (χ1) is 12.1. The summed E-state index contributed by atoms with van der Waals surface area (Å²) in [7, 11) is 0. The van der Waals surface area contributed by atoms with Gasteiger partial charge in [0.15, 0.2) is 0 Å². The molecule has 5 nitrogen and oxygen atoms in total. The summed E-state index contributed by atoms with van der Waals surface area (Å²) in [6.07, 6.45) is 2.99. The van der Waals surface area contributed by atoms with Crippen LogP contribution in [0.1, 0.15) is 29.8 Å². The van der Waals surface area contributed by atoms with Gasteiger partial charge >= 0.3 is 0 Å². The minimum Gasteiger partial charge on any atom is -0.372 e. The van der Waals surface area contributed by atoms with Gasteiger partial charge in [-0.1, -0.05) is 18.2 Å². The van der Waals surface area contributed by atoms with Crippen molar-refractivity contribution in [3.8, 4) is 0 Å². The molecule has 4 rings (SSSR count). The topological polar surface area (TPSA) is 45.7 Å². The molecule has 1 aromatic carbocycles. The Morgan fingerprint density at radius 1 is 1.12 bits per heavy atom. The molecule has 3 heterocycles. The Balaban J connectivity index is 1.52. The van der Waals surface area contributed by atoms with Crippen LogP contribution in [0, 0.1) is 0 Å². The van der Waals surface area contributed by atoms with E-state index in [-0.39, 0.29) is 18.1 Å². The van der Waals surface area contributed by atoms with Crippen LogP contribution in [0.2, 0.25) is 0 Å². The molecule has 2 unspecified atom stereocenters. The molecule has 0 aliphatic carbocycles. The van der Waals surface area contributed by atoms with Crippen molar-refractivity contribution >= 4 is 17.4 Å². The van der Waals surface area contributed by atoms with Gasteiger partial charge in [-0.25, -0.2) is 4.98 Å². The van der Waals surface area contributed by atoms with Crippen LogP contribution in [-0.4, -0.2) is 42.7 Å². The number of pyridine rings is 1. The smallest absolute Gasteiger partial charge is 0.259 e. The average molecular weight is 337 g/mol. The summed E-state index contributed by atoms with van der Waals surface area (Å²) in [5.41, 5.74) is 2.89. The Morgan fingerprint density at radius 3 is 2.60 bits per heavy atom. The number of hydrogen-bond acceptors (Lipinski definition) is 4. The standard InChI is InChI=1S/C20H23N3O2/c1-14-12-22(13-15(2)25-14)19-8-7-17(11-21-19)20(24)23-10-9-16-5-3-4-6-18(16)23/h3-8,11,14-15H,9-10,12-13H2,1-2H3. The summed E-state index contributed by atoms with van der Waals surface area (Å²) in [4.78, 5) is 21.5. The van der Waals surface area contributed by atoms with Gasteiger partial charge in [-0.2, -0.15) is 0 Å². The van der Waals surface area contributed by atoms with Gasteiger partial charge in [-0.05, 0) is 44.0 Å². The molecule has 25 heavy (non-hydrogen) atoms. The van der Waals surface area contributed by atoms with Crippen molar-refractivity contribution in [1.29, 1.82) is 0 Å². The van der Waals surface area contributed by atoms with Crippen LogP contribution in [0.3, 0.4) is 0 Å². The number of carbonyl (C=O) groups is 1. The first kappa shape index (κ1) is 16.1. The minimum absolute atomic E-state index is 0.0210. The maximum atomic E-state index is 12.9. The fourth-order valence-corrected chi connectivity index (χ4v) is 3.77. The van der Waals surface area contributed by atoms with Crippen molar-refractivity contribution in [2.45, 2.75) is 32.5 Å². The molecule has 0 N–H and O–H groups in total. The Labute approximate surface area is 148 Å². The number of morpholine rings is 1. The molecule has 2 aliphatic heterocycles. The van der Waals surface area contributed by atoms with Gasteiger partial charge in [0, 0.05) is 31.5 Å². The zero-order chi connectivity index (χ0) is 17.4. The monoisotopic (exact) mass is 337 g/mol. The molecule has 0 radical (unpaired) electrons. The second-order valence-electron chi connectivity index (χ2n) is 6.90. The predicted octanol–water partition coefficient (Wildman–Crippen LogP) is 2.90. The Morgan fingerprint density at radius 2 is 1.88 bits per heavy atom. The molecule has 1 amide bonds. The number of para-hydroxylation sites is 1. The van der Waals surface area contributed by atoms with Gasteiger partial charge in [0.1, 0.15) is 5.82 Å². The molecule has 0 bridgehead atoms. The number of benzene rings is 1. The normalized spacial score (nSPS) is 22.8. The van der Waals surface area contributed by atoms with E-state index in [0.29, 0.717) is 5.56 Å². The van der Waals surface area contributed by atoms with Crippen LogP contribution >= 0.6 is 0 Å². The number of anilines is 2. The number of nitrogens with zero attached hydrogens (tertiary/aromatic N) is 3. The van der Waals surface area contributed by atoms with Gasteiger partial charge < -0.3 is 14.5 Å². The number of rotatable bonds is 2. The maximum Gasteiger partial charge on any atom is 0.259 e. The van der Waals surface area contributed by atoms with Crippen molar-refractivity contribution in [2.24, 2.45) is 0 Å². The van der Waals surface area contributed by atoms with Crippen LogP contribution in [0.15, 0.2) is 42.6 Å². The molecule has 1 fully saturated rings. The van der Waals surface area contributed by atoms with E-state index in [1.165, 1.54) is 5.56 Å². The number of carbonyl (C=O) groups excluding carboxylic acids is 1. The van der Waals surface area contributed by atoms with Gasteiger partial charge in [0.2, 0.25) is 0 Å². The molecular weight excluding hydrogens is 314 g/mol. The predicted molar refractivity (Wildman–Crippen MR) is 98.3 cm³/mol. The van der Waals surface area contributed by atoms with Crippen molar-refractivity contribution in [3.63, 3.8) is 0 Å². The molecular formula is C20H23N3O2. The summed E-state index contributed by atoms with van der Waals surface area (Å²) in [5, 5.41) is 0. The van der Waals surface area contributed by atoms with E-state index in [0.717, 1.165) is 37.6 Å².